The smallest absolute Gasteiger partial charge is 0.106 e. The van der Waals surface area contributed by atoms with Gasteiger partial charge < -0.3 is 9.88 Å². The highest BCUT2D eigenvalue weighted by Crippen LogP contribution is 2.22. The molecule has 0 aromatic carbocycles. The number of hydrogen-bond acceptors (Lipinski definition) is 2. The number of imidazole rings is 1. The van der Waals surface area contributed by atoms with E-state index in [4.69, 9.17) is 4.98 Å². The zero-order valence-corrected chi connectivity index (χ0v) is 10.7. The summed E-state index contributed by atoms with van der Waals surface area (Å²) in [5, 5.41) is 3.25. The molecule has 3 heteroatoms. The minimum atomic E-state index is 0.670. The average Bonchev–Trinajstić information content (AvgIpc) is 2.56. The van der Waals surface area contributed by atoms with Gasteiger partial charge in [0.2, 0.25) is 0 Å². The lowest BCUT2D eigenvalue weighted by molar-refractivity contribution is 0.444. The molecule has 0 bridgehead atoms. The molecule has 1 unspecified atom stereocenters. The van der Waals surface area contributed by atoms with Crippen molar-refractivity contribution in [3.8, 4) is 0 Å². The molecule has 0 radical (unpaired) electrons. The van der Waals surface area contributed by atoms with Crippen molar-refractivity contribution in [3.05, 3.63) is 17.2 Å². The molecule has 0 saturated heterocycles. The first kappa shape index (κ1) is 11.6. The molecule has 0 amide bonds. The SMILES string of the molecule is CNCC(C)Cn1c(C)nc2c1CCCC2. The van der Waals surface area contributed by atoms with Crippen LogP contribution in [0, 0.1) is 12.8 Å². The van der Waals surface area contributed by atoms with Gasteiger partial charge in [-0.25, -0.2) is 4.98 Å². The van der Waals surface area contributed by atoms with Crippen molar-refractivity contribution in [2.24, 2.45) is 5.92 Å². The van der Waals surface area contributed by atoms with Crippen molar-refractivity contribution in [3.63, 3.8) is 0 Å². The number of aryl methyl sites for hydroxylation is 2. The first-order valence-electron chi connectivity index (χ1n) is 6.42. The van der Waals surface area contributed by atoms with Crippen LogP contribution in [0.4, 0.5) is 0 Å². The summed E-state index contributed by atoms with van der Waals surface area (Å²) in [6.45, 7) is 6.62. The summed E-state index contributed by atoms with van der Waals surface area (Å²) < 4.78 is 2.44. The van der Waals surface area contributed by atoms with Gasteiger partial charge in [-0.15, -0.1) is 0 Å². The fourth-order valence-electron chi connectivity index (χ4n) is 2.70. The van der Waals surface area contributed by atoms with E-state index < -0.39 is 0 Å². The molecule has 0 spiro atoms. The zero-order chi connectivity index (χ0) is 11.5. The fourth-order valence-corrected chi connectivity index (χ4v) is 2.70. The van der Waals surface area contributed by atoms with Gasteiger partial charge in [-0.05, 0) is 52.1 Å². The maximum atomic E-state index is 4.71. The van der Waals surface area contributed by atoms with E-state index in [1.807, 2.05) is 7.05 Å². The Hall–Kier alpha value is -0.830. The predicted molar refractivity (Wildman–Crippen MR) is 66.7 cm³/mol. The summed E-state index contributed by atoms with van der Waals surface area (Å²) >= 11 is 0. The molecule has 3 nitrogen and oxygen atoms in total. The van der Waals surface area contributed by atoms with E-state index >= 15 is 0 Å². The Morgan fingerprint density at radius 1 is 1.38 bits per heavy atom. The Balaban J connectivity index is 2.16. The van der Waals surface area contributed by atoms with Crippen LogP contribution in [0.3, 0.4) is 0 Å². The van der Waals surface area contributed by atoms with Gasteiger partial charge in [-0.1, -0.05) is 6.92 Å². The number of fused-ring (bicyclic) bond motifs is 1. The summed E-state index contributed by atoms with van der Waals surface area (Å²) in [5.41, 5.74) is 2.87. The highest BCUT2D eigenvalue weighted by Gasteiger charge is 2.18. The van der Waals surface area contributed by atoms with Crippen molar-refractivity contribution in [2.45, 2.75) is 46.1 Å². The lowest BCUT2D eigenvalue weighted by Gasteiger charge is -2.18. The summed E-state index contributed by atoms with van der Waals surface area (Å²) in [6, 6.07) is 0. The molecule has 0 saturated carbocycles. The largest absolute Gasteiger partial charge is 0.332 e. The first-order valence-corrected chi connectivity index (χ1v) is 6.42. The zero-order valence-electron chi connectivity index (χ0n) is 10.7. The molecule has 0 aliphatic heterocycles. The van der Waals surface area contributed by atoms with Gasteiger partial charge in [0.25, 0.3) is 0 Å². The average molecular weight is 221 g/mol. The van der Waals surface area contributed by atoms with Crippen molar-refractivity contribution < 1.29 is 0 Å². The second kappa shape index (κ2) is 5.00. The van der Waals surface area contributed by atoms with E-state index in [0.717, 1.165) is 13.1 Å². The third-order valence-corrected chi connectivity index (χ3v) is 3.47. The quantitative estimate of drug-likeness (QED) is 0.842. The molecular weight excluding hydrogens is 198 g/mol. The van der Waals surface area contributed by atoms with Crippen LogP contribution in [0.25, 0.3) is 0 Å². The number of aromatic nitrogens is 2. The lowest BCUT2D eigenvalue weighted by Crippen LogP contribution is -2.22. The van der Waals surface area contributed by atoms with Crippen molar-refractivity contribution in [2.75, 3.05) is 13.6 Å². The molecule has 2 rings (SSSR count). The third-order valence-electron chi connectivity index (χ3n) is 3.47. The maximum Gasteiger partial charge on any atom is 0.106 e. The van der Waals surface area contributed by atoms with Crippen molar-refractivity contribution in [1.82, 2.24) is 14.9 Å². The summed E-state index contributed by atoms with van der Waals surface area (Å²) in [5.74, 6) is 1.87. The summed E-state index contributed by atoms with van der Waals surface area (Å²) in [7, 11) is 2.02. The van der Waals surface area contributed by atoms with Gasteiger partial charge in [-0.2, -0.15) is 0 Å². The Kier molecular flexibility index (Phi) is 3.64. The van der Waals surface area contributed by atoms with Crippen LogP contribution in [-0.2, 0) is 19.4 Å². The fraction of sp³-hybridized carbons (Fsp3) is 0.769. The van der Waals surface area contributed by atoms with Crippen LogP contribution < -0.4 is 5.32 Å². The molecule has 90 valence electrons. The Labute approximate surface area is 98.3 Å². The monoisotopic (exact) mass is 221 g/mol. The van der Waals surface area contributed by atoms with E-state index in [1.54, 1.807) is 0 Å². The first-order chi connectivity index (χ1) is 7.72. The maximum absolute atomic E-state index is 4.71. The molecule has 16 heavy (non-hydrogen) atoms. The van der Waals surface area contributed by atoms with Gasteiger partial charge in [0.15, 0.2) is 0 Å². The van der Waals surface area contributed by atoms with Gasteiger partial charge >= 0.3 is 0 Å². The highest BCUT2D eigenvalue weighted by molar-refractivity contribution is 5.19. The molecule has 1 aliphatic rings. The summed E-state index contributed by atoms with van der Waals surface area (Å²) in [6.07, 6.45) is 5.06. The van der Waals surface area contributed by atoms with Gasteiger partial charge in [0.1, 0.15) is 5.82 Å². The number of rotatable bonds is 4. The topological polar surface area (TPSA) is 29.9 Å². The van der Waals surface area contributed by atoms with Crippen LogP contribution in [0.15, 0.2) is 0 Å². The highest BCUT2D eigenvalue weighted by atomic mass is 15.1. The van der Waals surface area contributed by atoms with Gasteiger partial charge in [0, 0.05) is 12.2 Å². The van der Waals surface area contributed by atoms with E-state index in [9.17, 15) is 0 Å². The number of nitrogens with zero attached hydrogens (tertiary/aromatic N) is 2. The van der Waals surface area contributed by atoms with Crippen LogP contribution in [0.2, 0.25) is 0 Å². The second-order valence-electron chi connectivity index (χ2n) is 5.03. The Bertz CT molecular complexity index is 354. The van der Waals surface area contributed by atoms with E-state index in [1.165, 1.54) is 42.9 Å². The number of hydrogen-bond donors (Lipinski definition) is 1. The van der Waals surface area contributed by atoms with Crippen LogP contribution in [0.1, 0.15) is 37.0 Å². The molecule has 1 aromatic rings. The third kappa shape index (κ3) is 2.29. The molecule has 1 N–H and O–H groups in total. The van der Waals surface area contributed by atoms with Gasteiger partial charge in [0.05, 0.1) is 5.69 Å². The van der Waals surface area contributed by atoms with Gasteiger partial charge in [-0.3, -0.25) is 0 Å². The minimum absolute atomic E-state index is 0.670. The minimum Gasteiger partial charge on any atom is -0.332 e. The van der Waals surface area contributed by atoms with Crippen LogP contribution >= 0.6 is 0 Å². The molecular formula is C13H23N3. The van der Waals surface area contributed by atoms with Crippen molar-refractivity contribution in [1.29, 1.82) is 0 Å². The lowest BCUT2D eigenvalue weighted by atomic mass is 10.0. The normalized spacial score (nSPS) is 17.2. The van der Waals surface area contributed by atoms with Crippen molar-refractivity contribution >= 4 is 0 Å². The van der Waals surface area contributed by atoms with Crippen LogP contribution in [0.5, 0.6) is 0 Å². The molecule has 1 atom stereocenters. The standard InChI is InChI=1S/C13H23N3/c1-10(8-14-3)9-16-11(2)15-12-6-4-5-7-13(12)16/h10,14H,4-9H2,1-3H3. The Morgan fingerprint density at radius 2 is 2.12 bits per heavy atom. The van der Waals surface area contributed by atoms with E-state index in [-0.39, 0.29) is 0 Å². The molecule has 0 fully saturated rings. The number of nitrogens with one attached hydrogen (secondary N) is 1. The molecule has 1 heterocycles. The second-order valence-corrected chi connectivity index (χ2v) is 5.03. The summed E-state index contributed by atoms with van der Waals surface area (Å²) in [4.78, 5) is 4.71. The Morgan fingerprint density at radius 3 is 2.88 bits per heavy atom. The van der Waals surface area contributed by atoms with Crippen LogP contribution in [-0.4, -0.2) is 23.1 Å². The molecule has 1 aromatic heterocycles. The predicted octanol–water partition coefficient (Wildman–Crippen LogP) is 1.93. The van der Waals surface area contributed by atoms with E-state index in [0.29, 0.717) is 5.92 Å². The van der Waals surface area contributed by atoms with E-state index in [2.05, 4.69) is 23.7 Å². The molecule has 1 aliphatic carbocycles.